The minimum Gasteiger partial charge on any atom is -0.431 e. The Morgan fingerprint density at radius 1 is 1.26 bits per heavy atom. The van der Waals surface area contributed by atoms with Gasteiger partial charge in [0.05, 0.1) is 30.5 Å². The zero-order valence-corrected chi connectivity index (χ0v) is 16.8. The van der Waals surface area contributed by atoms with Crippen molar-refractivity contribution in [1.82, 2.24) is 15.0 Å². The van der Waals surface area contributed by atoms with Crippen LogP contribution in [-0.4, -0.2) is 66.1 Å². The summed E-state index contributed by atoms with van der Waals surface area (Å²) < 4.78 is 49.2. The molecule has 3 saturated heterocycles. The first-order valence-corrected chi connectivity index (χ1v) is 10.3. The highest BCUT2D eigenvalue weighted by Crippen LogP contribution is 2.36. The van der Waals surface area contributed by atoms with Crippen molar-refractivity contribution in [2.24, 2.45) is 0 Å². The molecule has 3 atom stereocenters. The Morgan fingerprint density at radius 3 is 2.84 bits per heavy atom. The number of morpholine rings is 1. The lowest BCUT2D eigenvalue weighted by Gasteiger charge is -2.30. The van der Waals surface area contributed by atoms with Crippen LogP contribution in [0.1, 0.15) is 19.3 Å². The molecule has 0 aromatic carbocycles. The zero-order valence-electron chi connectivity index (χ0n) is 16.8. The fourth-order valence-corrected chi connectivity index (χ4v) is 4.57. The van der Waals surface area contributed by atoms with Gasteiger partial charge in [-0.25, -0.2) is 14.4 Å². The Balaban J connectivity index is 1.56. The van der Waals surface area contributed by atoms with Gasteiger partial charge in [0.25, 0.3) is 0 Å². The number of hydrogen-bond donors (Lipinski definition) is 1. The van der Waals surface area contributed by atoms with Crippen LogP contribution in [0.15, 0.2) is 18.3 Å². The van der Waals surface area contributed by atoms with Gasteiger partial charge in [0.1, 0.15) is 12.5 Å². The molecule has 8 nitrogen and oxygen atoms in total. The number of nitrogens with two attached hydrogens (primary N) is 1. The molecule has 0 amide bonds. The highest BCUT2D eigenvalue weighted by Gasteiger charge is 2.40. The number of halogens is 3. The van der Waals surface area contributed by atoms with E-state index >= 15 is 0 Å². The fourth-order valence-electron chi connectivity index (χ4n) is 4.57. The van der Waals surface area contributed by atoms with Crippen molar-refractivity contribution in [3.63, 3.8) is 0 Å². The second-order valence-electron chi connectivity index (χ2n) is 8.04. The molecule has 0 saturated carbocycles. The number of fused-ring (bicyclic) bond motifs is 2. The molecular weight excluding hydrogens is 413 g/mol. The average molecular weight is 436 g/mol. The molecule has 2 N–H and O–H groups in total. The third-order valence-electron chi connectivity index (χ3n) is 6.10. The SMILES string of the molecule is Nc1ncc(-c2cc(N3CC4CC3CO4)nc(N3CCCC3CF)n2)cc1OC(F)F. The molecule has 2 aromatic rings. The number of alkyl halides is 3. The van der Waals surface area contributed by atoms with Crippen molar-refractivity contribution < 1.29 is 22.6 Å². The van der Waals surface area contributed by atoms with Crippen molar-refractivity contribution in [2.45, 2.75) is 44.1 Å². The fraction of sp³-hybridized carbons (Fsp3) is 0.550. The molecule has 0 aliphatic carbocycles. The molecule has 11 heteroatoms. The summed E-state index contributed by atoms with van der Waals surface area (Å²) in [5, 5.41) is 0. The minimum absolute atomic E-state index is 0.135. The first-order valence-electron chi connectivity index (χ1n) is 10.3. The summed E-state index contributed by atoms with van der Waals surface area (Å²) in [7, 11) is 0. The Kier molecular flexibility index (Phi) is 5.20. The number of aromatic nitrogens is 3. The molecule has 3 fully saturated rings. The zero-order chi connectivity index (χ0) is 21.5. The molecule has 2 aromatic heterocycles. The van der Waals surface area contributed by atoms with E-state index in [0.717, 1.165) is 19.3 Å². The first-order chi connectivity index (χ1) is 15.0. The van der Waals surface area contributed by atoms with Crippen LogP contribution >= 0.6 is 0 Å². The maximum absolute atomic E-state index is 13.6. The standard InChI is InChI=1S/C20H23F3N6O2/c21-7-12-2-1-3-28(12)20-26-15(11-4-16(31-19(22)23)18(24)25-8-11)6-17(27-20)29-9-14-5-13(29)10-30-14/h4,6,8,12-14,19H,1-3,5,7,9-10H2,(H2,24,25). The Labute approximate surface area is 177 Å². The van der Waals surface area contributed by atoms with E-state index in [-0.39, 0.29) is 29.8 Å². The van der Waals surface area contributed by atoms with E-state index in [2.05, 4.69) is 19.6 Å². The second kappa shape index (κ2) is 8.03. The third-order valence-corrected chi connectivity index (χ3v) is 6.10. The summed E-state index contributed by atoms with van der Waals surface area (Å²) in [6.07, 6.45) is 4.15. The largest absolute Gasteiger partial charge is 0.431 e. The van der Waals surface area contributed by atoms with E-state index < -0.39 is 13.3 Å². The monoisotopic (exact) mass is 436 g/mol. The van der Waals surface area contributed by atoms with Gasteiger partial charge in [0, 0.05) is 30.9 Å². The molecule has 0 radical (unpaired) electrons. The van der Waals surface area contributed by atoms with E-state index in [9.17, 15) is 13.2 Å². The van der Waals surface area contributed by atoms with Crippen LogP contribution in [0.4, 0.5) is 30.8 Å². The maximum atomic E-state index is 13.6. The van der Waals surface area contributed by atoms with Crippen molar-refractivity contribution >= 4 is 17.6 Å². The van der Waals surface area contributed by atoms with Crippen LogP contribution in [0.25, 0.3) is 11.3 Å². The Hall–Kier alpha value is -2.82. The van der Waals surface area contributed by atoms with Crippen molar-refractivity contribution in [3.05, 3.63) is 18.3 Å². The van der Waals surface area contributed by atoms with Crippen LogP contribution in [0, 0.1) is 0 Å². The number of nitrogen functional groups attached to an aromatic ring is 1. The smallest absolute Gasteiger partial charge is 0.387 e. The number of pyridine rings is 1. The van der Waals surface area contributed by atoms with Crippen molar-refractivity contribution in [3.8, 4) is 17.0 Å². The van der Waals surface area contributed by atoms with Gasteiger partial charge >= 0.3 is 6.61 Å². The summed E-state index contributed by atoms with van der Waals surface area (Å²) >= 11 is 0. The van der Waals surface area contributed by atoms with Gasteiger partial charge in [-0.2, -0.15) is 13.8 Å². The predicted molar refractivity (Wildman–Crippen MR) is 108 cm³/mol. The highest BCUT2D eigenvalue weighted by atomic mass is 19.3. The number of hydrogen-bond acceptors (Lipinski definition) is 8. The van der Waals surface area contributed by atoms with Crippen LogP contribution in [-0.2, 0) is 4.74 Å². The van der Waals surface area contributed by atoms with Gasteiger partial charge in [0.15, 0.2) is 11.6 Å². The molecule has 166 valence electrons. The summed E-state index contributed by atoms with van der Waals surface area (Å²) in [5.41, 5.74) is 6.63. The number of ether oxygens (including phenoxy) is 2. The van der Waals surface area contributed by atoms with Crippen LogP contribution in [0.3, 0.4) is 0 Å². The minimum atomic E-state index is -3.02. The lowest BCUT2D eigenvalue weighted by molar-refractivity contribution is -0.0494. The predicted octanol–water partition coefficient (Wildman–Crippen LogP) is 2.64. The van der Waals surface area contributed by atoms with Gasteiger partial charge in [-0.15, -0.1) is 0 Å². The maximum Gasteiger partial charge on any atom is 0.387 e. The first kappa shape index (κ1) is 20.1. The van der Waals surface area contributed by atoms with Crippen LogP contribution in [0.5, 0.6) is 5.75 Å². The van der Waals surface area contributed by atoms with Crippen molar-refractivity contribution in [2.75, 3.05) is 41.9 Å². The van der Waals surface area contributed by atoms with Gasteiger partial charge in [-0.1, -0.05) is 0 Å². The van der Waals surface area contributed by atoms with E-state index in [1.54, 1.807) is 6.07 Å². The van der Waals surface area contributed by atoms with E-state index in [0.29, 0.717) is 42.7 Å². The van der Waals surface area contributed by atoms with E-state index in [4.69, 9.17) is 15.5 Å². The number of anilines is 3. The number of nitrogens with zero attached hydrogens (tertiary/aromatic N) is 5. The van der Waals surface area contributed by atoms with Crippen LogP contribution in [0.2, 0.25) is 0 Å². The van der Waals surface area contributed by atoms with E-state index in [1.807, 2.05) is 4.90 Å². The molecule has 0 spiro atoms. The summed E-state index contributed by atoms with van der Waals surface area (Å²) in [6.45, 7) is -1.50. The van der Waals surface area contributed by atoms with Crippen molar-refractivity contribution in [1.29, 1.82) is 0 Å². The Morgan fingerprint density at radius 2 is 2.13 bits per heavy atom. The lowest BCUT2D eigenvalue weighted by atomic mass is 10.2. The number of rotatable bonds is 6. The molecule has 5 heterocycles. The lowest BCUT2D eigenvalue weighted by Crippen LogP contribution is -2.38. The molecule has 5 rings (SSSR count). The molecule has 2 bridgehead atoms. The molecule has 3 unspecified atom stereocenters. The molecular formula is C20H23F3N6O2. The second-order valence-corrected chi connectivity index (χ2v) is 8.04. The topological polar surface area (TPSA) is 89.6 Å². The van der Waals surface area contributed by atoms with Gasteiger partial charge < -0.3 is 25.0 Å². The summed E-state index contributed by atoms with van der Waals surface area (Å²) in [6, 6.07) is 3.13. The molecule has 3 aliphatic rings. The summed E-state index contributed by atoms with van der Waals surface area (Å²) in [4.78, 5) is 17.4. The third kappa shape index (κ3) is 3.82. The molecule has 31 heavy (non-hydrogen) atoms. The van der Waals surface area contributed by atoms with Gasteiger partial charge in [0.2, 0.25) is 5.95 Å². The normalized spacial score (nSPS) is 25.1. The van der Waals surface area contributed by atoms with Gasteiger partial charge in [-0.05, 0) is 25.3 Å². The van der Waals surface area contributed by atoms with Gasteiger partial charge in [-0.3, -0.25) is 0 Å². The quantitative estimate of drug-likeness (QED) is 0.739. The average Bonchev–Trinajstić information content (AvgIpc) is 3.51. The highest BCUT2D eigenvalue weighted by molar-refractivity contribution is 5.68. The molecule has 3 aliphatic heterocycles. The van der Waals surface area contributed by atoms with Crippen LogP contribution < -0.4 is 20.3 Å². The Bertz CT molecular complexity index is 940. The summed E-state index contributed by atoms with van der Waals surface area (Å²) in [5.74, 6) is 0.771. The van der Waals surface area contributed by atoms with E-state index in [1.165, 1.54) is 12.3 Å².